The molecule has 1 saturated heterocycles. The van der Waals surface area contributed by atoms with Gasteiger partial charge in [-0.2, -0.15) is 0 Å². The predicted molar refractivity (Wildman–Crippen MR) is 106 cm³/mol. The van der Waals surface area contributed by atoms with E-state index in [0.717, 1.165) is 23.8 Å². The number of carbonyl (C=O) groups excluding carboxylic acids is 1. The molecule has 0 unspecified atom stereocenters. The van der Waals surface area contributed by atoms with Crippen LogP contribution in [0.3, 0.4) is 0 Å². The molecular formula is C21H23F2N3O4. The van der Waals surface area contributed by atoms with Crippen molar-refractivity contribution in [3.8, 4) is 5.75 Å². The average molecular weight is 419 g/mol. The van der Waals surface area contributed by atoms with E-state index < -0.39 is 23.0 Å². The third kappa shape index (κ3) is 5.10. The number of hydrogen-bond donors (Lipinski definition) is 0. The highest BCUT2D eigenvalue weighted by Gasteiger charge is 2.32. The van der Waals surface area contributed by atoms with Crippen LogP contribution in [0.4, 0.5) is 14.5 Å². The summed E-state index contributed by atoms with van der Waals surface area (Å²) >= 11 is 0. The minimum absolute atomic E-state index is 0.0544. The van der Waals surface area contributed by atoms with E-state index in [4.69, 9.17) is 4.74 Å². The lowest BCUT2D eigenvalue weighted by Gasteiger charge is -2.44. The Morgan fingerprint density at radius 3 is 2.43 bits per heavy atom. The first-order valence-corrected chi connectivity index (χ1v) is 9.59. The molecule has 2 aromatic rings. The Labute approximate surface area is 173 Å². The fourth-order valence-electron chi connectivity index (χ4n) is 3.57. The zero-order valence-electron chi connectivity index (χ0n) is 16.8. The lowest BCUT2D eigenvalue weighted by atomic mass is 10.1. The van der Waals surface area contributed by atoms with Gasteiger partial charge in [-0.3, -0.25) is 19.8 Å². The van der Waals surface area contributed by atoms with E-state index in [9.17, 15) is 23.7 Å². The van der Waals surface area contributed by atoms with E-state index in [1.54, 1.807) is 17.0 Å². The van der Waals surface area contributed by atoms with E-state index in [0.29, 0.717) is 19.6 Å². The van der Waals surface area contributed by atoms with Gasteiger partial charge in [-0.05, 0) is 37.6 Å². The van der Waals surface area contributed by atoms with Crippen molar-refractivity contribution in [2.75, 3.05) is 19.7 Å². The first-order valence-electron chi connectivity index (χ1n) is 9.59. The van der Waals surface area contributed by atoms with Crippen LogP contribution in [-0.4, -0.2) is 52.4 Å². The topological polar surface area (TPSA) is 75.9 Å². The van der Waals surface area contributed by atoms with Gasteiger partial charge in [0.25, 0.3) is 5.91 Å². The molecule has 1 aliphatic heterocycles. The molecule has 2 aromatic carbocycles. The number of benzene rings is 2. The fourth-order valence-corrected chi connectivity index (χ4v) is 3.57. The van der Waals surface area contributed by atoms with Gasteiger partial charge in [-0.1, -0.05) is 12.1 Å². The molecule has 1 amide bonds. The molecule has 30 heavy (non-hydrogen) atoms. The lowest BCUT2D eigenvalue weighted by Crippen LogP contribution is -2.58. The number of hydrogen-bond acceptors (Lipinski definition) is 5. The number of carbonyl (C=O) groups is 1. The summed E-state index contributed by atoms with van der Waals surface area (Å²) in [5, 5.41) is 11.1. The molecule has 7 nitrogen and oxygen atoms in total. The predicted octanol–water partition coefficient (Wildman–Crippen LogP) is 3.37. The standard InChI is InChI=1S/C21H23F2N3O4/c1-14-11-25(15(2)10-24(14)12-16-3-5-17(22)6-4-16)21(27)13-30-20-9-18(23)7-8-19(20)26(28)29/h3-9,14-15H,10-13H2,1-2H3/t14-,15+/m1/s1. The van der Waals surface area contributed by atoms with Crippen LogP contribution < -0.4 is 4.74 Å². The van der Waals surface area contributed by atoms with Crippen molar-refractivity contribution in [1.29, 1.82) is 0 Å². The quantitative estimate of drug-likeness (QED) is 0.530. The average Bonchev–Trinajstić information content (AvgIpc) is 2.70. The van der Waals surface area contributed by atoms with E-state index in [-0.39, 0.29) is 29.6 Å². The monoisotopic (exact) mass is 419 g/mol. The summed E-state index contributed by atoms with van der Waals surface area (Å²) in [6.07, 6.45) is 0. The largest absolute Gasteiger partial charge is 0.477 e. The van der Waals surface area contributed by atoms with E-state index in [2.05, 4.69) is 4.90 Å². The molecule has 0 aromatic heterocycles. The Morgan fingerprint density at radius 1 is 1.10 bits per heavy atom. The maximum Gasteiger partial charge on any atom is 0.311 e. The van der Waals surface area contributed by atoms with Crippen molar-refractivity contribution in [2.24, 2.45) is 0 Å². The van der Waals surface area contributed by atoms with Gasteiger partial charge in [-0.25, -0.2) is 8.78 Å². The second-order valence-corrected chi connectivity index (χ2v) is 7.46. The van der Waals surface area contributed by atoms with Gasteiger partial charge < -0.3 is 9.64 Å². The molecule has 0 aliphatic carbocycles. The summed E-state index contributed by atoms with van der Waals surface area (Å²) in [6.45, 7) is 5.19. The Balaban J connectivity index is 1.61. The first-order chi connectivity index (χ1) is 14.2. The summed E-state index contributed by atoms with van der Waals surface area (Å²) in [5.41, 5.74) is 0.590. The Bertz CT molecular complexity index is 923. The Kier molecular flexibility index (Phi) is 6.61. The maximum atomic E-state index is 13.4. The van der Waals surface area contributed by atoms with Gasteiger partial charge in [0.2, 0.25) is 5.75 Å². The SMILES string of the molecule is C[C@@H]1CN(C(=O)COc2cc(F)ccc2[N+](=O)[O-])[C@@H](C)CN1Cc1ccc(F)cc1. The smallest absolute Gasteiger partial charge is 0.311 e. The number of amides is 1. The Hall–Kier alpha value is -3.07. The van der Waals surface area contributed by atoms with Crippen LogP contribution in [-0.2, 0) is 11.3 Å². The molecular weight excluding hydrogens is 396 g/mol. The van der Waals surface area contributed by atoms with Gasteiger partial charge >= 0.3 is 5.69 Å². The molecule has 1 aliphatic rings. The van der Waals surface area contributed by atoms with Gasteiger partial charge in [0.05, 0.1) is 4.92 Å². The number of nitrogens with zero attached hydrogens (tertiary/aromatic N) is 3. The van der Waals surface area contributed by atoms with E-state index in [1.807, 2.05) is 13.8 Å². The van der Waals surface area contributed by atoms with Crippen molar-refractivity contribution in [3.63, 3.8) is 0 Å². The zero-order valence-corrected chi connectivity index (χ0v) is 16.8. The molecule has 3 rings (SSSR count). The molecule has 0 N–H and O–H groups in total. The van der Waals surface area contributed by atoms with Gasteiger partial charge in [0, 0.05) is 43.9 Å². The van der Waals surface area contributed by atoms with Crippen LogP contribution in [0.2, 0.25) is 0 Å². The third-order valence-electron chi connectivity index (χ3n) is 5.20. The number of rotatable bonds is 6. The molecule has 1 fully saturated rings. The molecule has 9 heteroatoms. The van der Waals surface area contributed by atoms with E-state index in [1.165, 1.54) is 12.1 Å². The summed E-state index contributed by atoms with van der Waals surface area (Å²) in [6, 6.07) is 9.15. The summed E-state index contributed by atoms with van der Waals surface area (Å²) < 4.78 is 31.8. The van der Waals surface area contributed by atoms with Gasteiger partial charge in [-0.15, -0.1) is 0 Å². The normalized spacial score (nSPS) is 19.5. The molecule has 1 heterocycles. The summed E-state index contributed by atoms with van der Waals surface area (Å²) in [4.78, 5) is 26.9. The minimum Gasteiger partial charge on any atom is -0.477 e. The van der Waals surface area contributed by atoms with Crippen molar-refractivity contribution < 1.29 is 23.2 Å². The molecule has 0 saturated carbocycles. The van der Waals surface area contributed by atoms with Crippen molar-refractivity contribution >= 4 is 11.6 Å². The Morgan fingerprint density at radius 2 is 1.77 bits per heavy atom. The van der Waals surface area contributed by atoms with Crippen molar-refractivity contribution in [3.05, 3.63) is 69.8 Å². The van der Waals surface area contributed by atoms with Crippen LogP contribution in [0.15, 0.2) is 42.5 Å². The second-order valence-electron chi connectivity index (χ2n) is 7.46. The van der Waals surface area contributed by atoms with Crippen LogP contribution >= 0.6 is 0 Å². The summed E-state index contributed by atoms with van der Waals surface area (Å²) in [5.74, 6) is -1.56. The molecule has 0 bridgehead atoms. The molecule has 0 spiro atoms. The number of nitro benzene ring substituents is 1. The summed E-state index contributed by atoms with van der Waals surface area (Å²) in [7, 11) is 0. The zero-order chi connectivity index (χ0) is 21.8. The van der Waals surface area contributed by atoms with Crippen LogP contribution in [0.5, 0.6) is 5.75 Å². The highest BCUT2D eigenvalue weighted by molar-refractivity contribution is 5.78. The van der Waals surface area contributed by atoms with Gasteiger partial charge in [0.1, 0.15) is 11.6 Å². The highest BCUT2D eigenvalue weighted by Crippen LogP contribution is 2.27. The number of halogens is 2. The van der Waals surface area contributed by atoms with Gasteiger partial charge in [0.15, 0.2) is 6.61 Å². The second kappa shape index (κ2) is 9.17. The third-order valence-corrected chi connectivity index (χ3v) is 5.20. The van der Waals surface area contributed by atoms with Crippen LogP contribution in [0.25, 0.3) is 0 Å². The highest BCUT2D eigenvalue weighted by atomic mass is 19.1. The molecule has 160 valence electrons. The minimum atomic E-state index is -0.682. The lowest BCUT2D eigenvalue weighted by molar-refractivity contribution is -0.385. The van der Waals surface area contributed by atoms with Crippen LogP contribution in [0, 0.1) is 21.7 Å². The fraction of sp³-hybridized carbons (Fsp3) is 0.381. The maximum absolute atomic E-state index is 13.4. The number of piperazine rings is 1. The van der Waals surface area contributed by atoms with Crippen LogP contribution in [0.1, 0.15) is 19.4 Å². The first kappa shape index (κ1) is 21.6. The molecule has 0 radical (unpaired) electrons. The van der Waals surface area contributed by atoms with E-state index >= 15 is 0 Å². The number of ether oxygens (including phenoxy) is 1. The molecule has 2 atom stereocenters. The number of nitro groups is 1. The van der Waals surface area contributed by atoms with Crippen molar-refractivity contribution in [1.82, 2.24) is 9.80 Å². The van der Waals surface area contributed by atoms with Crippen molar-refractivity contribution in [2.45, 2.75) is 32.5 Å².